The van der Waals surface area contributed by atoms with Gasteiger partial charge in [-0.2, -0.15) is 11.8 Å². The van der Waals surface area contributed by atoms with Crippen LogP contribution in [0.1, 0.15) is 82.2 Å². The summed E-state index contributed by atoms with van der Waals surface area (Å²) in [7, 11) is 3.32. The fourth-order valence-electron chi connectivity index (χ4n) is 5.38. The molecule has 0 saturated heterocycles. The molecule has 1 aliphatic carbocycles. The van der Waals surface area contributed by atoms with Gasteiger partial charge in [0.05, 0.1) is 19.1 Å². The third-order valence-corrected chi connectivity index (χ3v) is 8.22. The summed E-state index contributed by atoms with van der Waals surface area (Å²) in [6, 6.07) is 8.41. The number of anilines is 1. The zero-order chi connectivity index (χ0) is 27.9. The van der Waals surface area contributed by atoms with Crippen LogP contribution in [0.2, 0.25) is 0 Å². The predicted molar refractivity (Wildman–Crippen MR) is 169 cm³/mol. The van der Waals surface area contributed by atoms with Crippen molar-refractivity contribution in [1.29, 1.82) is 10.8 Å². The summed E-state index contributed by atoms with van der Waals surface area (Å²) in [4.78, 5) is 6.68. The van der Waals surface area contributed by atoms with Gasteiger partial charge in [-0.05, 0) is 75.6 Å². The number of methoxy groups -OCH3 is 1. The smallest absolute Gasteiger partial charge is 0.143 e. The first-order valence-electron chi connectivity index (χ1n) is 13.8. The van der Waals surface area contributed by atoms with E-state index < -0.39 is 0 Å². The van der Waals surface area contributed by atoms with Gasteiger partial charge in [-0.3, -0.25) is 10.8 Å². The van der Waals surface area contributed by atoms with Crippen LogP contribution in [0, 0.1) is 10.8 Å². The number of aromatic nitrogens is 1. The van der Waals surface area contributed by atoms with Gasteiger partial charge in [0, 0.05) is 35.7 Å². The summed E-state index contributed by atoms with van der Waals surface area (Å²) in [6.07, 6.45) is 13.1. The van der Waals surface area contributed by atoms with Crippen molar-refractivity contribution in [1.82, 2.24) is 9.47 Å². The van der Waals surface area contributed by atoms with Gasteiger partial charge < -0.3 is 19.5 Å². The van der Waals surface area contributed by atoms with Gasteiger partial charge in [0.15, 0.2) is 0 Å². The third kappa shape index (κ3) is 6.85. The number of amidine groups is 2. The zero-order valence-corrected chi connectivity index (χ0v) is 24.8. The highest BCUT2D eigenvalue weighted by molar-refractivity contribution is 7.99. The molecule has 0 spiro atoms. The fraction of sp³-hybridized carbons (Fsp3) is 0.452. The quantitative estimate of drug-likeness (QED) is 0.231. The van der Waals surface area contributed by atoms with E-state index in [4.69, 9.17) is 20.5 Å². The van der Waals surface area contributed by atoms with Crippen molar-refractivity contribution in [2.24, 2.45) is 4.99 Å². The Morgan fingerprint density at radius 1 is 1.18 bits per heavy atom. The van der Waals surface area contributed by atoms with E-state index in [0.29, 0.717) is 17.4 Å². The molecular weight excluding hydrogens is 504 g/mol. The maximum absolute atomic E-state index is 8.32. The SMILES string of the molecule is COc1cc(C(=N)N(C)C=N)ccc1N/C(C)=N/c1c(C=C(C)C)cc(C2=CCSCC2)n1C1CCCCC1. The number of nitrogens with one attached hydrogen (secondary N) is 3. The number of ether oxygens (including phenoxy) is 1. The van der Waals surface area contributed by atoms with Crippen molar-refractivity contribution >= 4 is 52.9 Å². The van der Waals surface area contributed by atoms with Crippen molar-refractivity contribution in [3.8, 4) is 5.75 Å². The molecule has 7 nitrogen and oxygen atoms in total. The van der Waals surface area contributed by atoms with Gasteiger partial charge in [0.2, 0.25) is 0 Å². The Morgan fingerprint density at radius 3 is 2.59 bits per heavy atom. The average molecular weight is 547 g/mol. The van der Waals surface area contributed by atoms with Crippen molar-refractivity contribution in [3.05, 3.63) is 52.7 Å². The molecule has 0 bridgehead atoms. The molecule has 208 valence electrons. The molecule has 0 radical (unpaired) electrons. The Hall–Kier alpha value is -3.26. The zero-order valence-electron chi connectivity index (χ0n) is 23.9. The van der Waals surface area contributed by atoms with E-state index in [0.717, 1.165) is 35.9 Å². The molecule has 2 aliphatic rings. The molecule has 0 unspecified atom stereocenters. The molecule has 1 saturated carbocycles. The minimum Gasteiger partial charge on any atom is -0.495 e. The lowest BCUT2D eigenvalue weighted by Crippen LogP contribution is -2.24. The molecular formula is C31H42N6OS. The van der Waals surface area contributed by atoms with E-state index >= 15 is 0 Å². The number of aliphatic imine (C=N–C) groups is 1. The fourth-order valence-corrected chi connectivity index (χ4v) is 6.23. The highest BCUT2D eigenvalue weighted by Gasteiger charge is 2.25. The van der Waals surface area contributed by atoms with Crippen LogP contribution in [-0.2, 0) is 0 Å². The van der Waals surface area contributed by atoms with E-state index in [1.807, 2.05) is 36.9 Å². The van der Waals surface area contributed by atoms with Crippen LogP contribution in [0.15, 0.2) is 40.9 Å². The van der Waals surface area contributed by atoms with Crippen molar-refractivity contribution in [2.45, 2.75) is 65.3 Å². The number of hydrogen-bond donors (Lipinski definition) is 3. The van der Waals surface area contributed by atoms with Crippen molar-refractivity contribution < 1.29 is 4.74 Å². The van der Waals surface area contributed by atoms with Gasteiger partial charge in [-0.25, -0.2) is 4.99 Å². The van der Waals surface area contributed by atoms with Crippen molar-refractivity contribution in [3.63, 3.8) is 0 Å². The van der Waals surface area contributed by atoms with Crippen LogP contribution in [0.4, 0.5) is 11.5 Å². The summed E-state index contributed by atoms with van der Waals surface area (Å²) in [6.45, 7) is 6.29. The molecule has 1 aromatic heterocycles. The summed E-state index contributed by atoms with van der Waals surface area (Å²) in [5.74, 6) is 4.91. The number of thioether (sulfide) groups is 1. The minimum atomic E-state index is 0.236. The van der Waals surface area contributed by atoms with Crippen LogP contribution in [-0.4, -0.2) is 53.1 Å². The van der Waals surface area contributed by atoms with Gasteiger partial charge >= 0.3 is 0 Å². The van der Waals surface area contributed by atoms with Crippen molar-refractivity contribution in [2.75, 3.05) is 31.0 Å². The lowest BCUT2D eigenvalue weighted by atomic mass is 9.94. The Kier molecular flexibility index (Phi) is 9.73. The first-order valence-corrected chi connectivity index (χ1v) is 15.0. The van der Waals surface area contributed by atoms with E-state index in [1.54, 1.807) is 14.2 Å². The molecule has 3 N–H and O–H groups in total. The second-order valence-electron chi connectivity index (χ2n) is 10.6. The van der Waals surface area contributed by atoms with Gasteiger partial charge in [0.25, 0.3) is 0 Å². The summed E-state index contributed by atoms with van der Waals surface area (Å²) < 4.78 is 8.20. The lowest BCUT2D eigenvalue weighted by Gasteiger charge is -2.28. The van der Waals surface area contributed by atoms with Crippen LogP contribution in [0.5, 0.6) is 5.75 Å². The van der Waals surface area contributed by atoms with Crippen LogP contribution < -0.4 is 10.1 Å². The minimum absolute atomic E-state index is 0.236. The summed E-state index contributed by atoms with van der Waals surface area (Å²) in [5.41, 5.74) is 6.67. The lowest BCUT2D eigenvalue weighted by molar-refractivity contribution is 0.354. The maximum Gasteiger partial charge on any atom is 0.143 e. The van der Waals surface area contributed by atoms with Gasteiger partial charge in [0.1, 0.15) is 23.2 Å². The second-order valence-corrected chi connectivity index (χ2v) is 11.7. The Morgan fingerprint density at radius 2 is 1.95 bits per heavy atom. The molecule has 2 heterocycles. The number of nitrogens with zero attached hydrogens (tertiary/aromatic N) is 3. The summed E-state index contributed by atoms with van der Waals surface area (Å²) in [5, 5.41) is 19.2. The standard InChI is InChI=1S/C31H42N6OS/c1-21(2)17-25-18-28(23-13-15-39-16-14-23)37(26-9-7-6-8-10-26)31(25)35-22(3)34-27-12-11-24(19-29(27)38-5)30(33)36(4)20-32/h11-13,17-20,26,32-33H,6-10,14-16H2,1-5H3,(H,34,35). The average Bonchev–Trinajstić information content (AvgIpc) is 3.29. The molecule has 8 heteroatoms. The van der Waals surface area contributed by atoms with E-state index in [9.17, 15) is 0 Å². The van der Waals surface area contributed by atoms with Crippen LogP contribution in [0.25, 0.3) is 11.6 Å². The third-order valence-electron chi connectivity index (χ3n) is 7.32. The number of rotatable bonds is 8. The van der Waals surface area contributed by atoms with E-state index in [-0.39, 0.29) is 5.84 Å². The topological polar surface area (TPSA) is 89.5 Å². The molecule has 2 aromatic rings. The van der Waals surface area contributed by atoms with Gasteiger partial charge in [-0.1, -0.05) is 37.0 Å². The molecule has 0 amide bonds. The Bertz CT molecular complexity index is 1290. The maximum atomic E-state index is 8.32. The van der Waals surface area contributed by atoms with E-state index in [1.165, 1.54) is 65.2 Å². The largest absolute Gasteiger partial charge is 0.495 e. The highest BCUT2D eigenvalue weighted by Crippen LogP contribution is 2.41. The monoisotopic (exact) mass is 546 g/mol. The van der Waals surface area contributed by atoms with Crippen LogP contribution in [0.3, 0.4) is 0 Å². The molecule has 39 heavy (non-hydrogen) atoms. The first kappa shape index (κ1) is 28.7. The van der Waals surface area contributed by atoms with E-state index in [2.05, 4.69) is 41.9 Å². The number of benzene rings is 1. The predicted octanol–water partition coefficient (Wildman–Crippen LogP) is 7.97. The first-order chi connectivity index (χ1) is 18.8. The molecule has 4 rings (SSSR count). The van der Waals surface area contributed by atoms with Crippen LogP contribution >= 0.6 is 11.8 Å². The molecule has 0 atom stereocenters. The normalized spacial score (nSPS) is 16.3. The second kappa shape index (κ2) is 13.2. The Labute approximate surface area is 237 Å². The number of hydrogen-bond acceptors (Lipinski definition) is 5. The number of allylic oxidation sites excluding steroid dienone is 2. The molecule has 1 aromatic carbocycles. The highest BCUT2D eigenvalue weighted by atomic mass is 32.2. The molecule has 1 aliphatic heterocycles. The summed E-state index contributed by atoms with van der Waals surface area (Å²) >= 11 is 2.00. The Balaban J connectivity index is 1.76. The van der Waals surface area contributed by atoms with Gasteiger partial charge in [-0.15, -0.1) is 0 Å². The molecule has 1 fully saturated rings.